The molecule has 0 radical (unpaired) electrons. The summed E-state index contributed by atoms with van der Waals surface area (Å²) in [5.74, 6) is -0.845. The van der Waals surface area contributed by atoms with Gasteiger partial charge in [0, 0.05) is 6.42 Å². The molecule has 0 bridgehead atoms. The molecule has 3 rings (SSSR count). The average molecular weight is 263 g/mol. The van der Waals surface area contributed by atoms with Gasteiger partial charge in [0.1, 0.15) is 0 Å². The molecule has 100 valence electrons. The molecule has 19 heavy (non-hydrogen) atoms. The van der Waals surface area contributed by atoms with Crippen LogP contribution < -0.4 is 0 Å². The van der Waals surface area contributed by atoms with Gasteiger partial charge in [-0.15, -0.1) is 5.06 Å². The Hall–Kier alpha value is -1.76. The van der Waals surface area contributed by atoms with Crippen molar-refractivity contribution in [3.05, 3.63) is 35.4 Å². The van der Waals surface area contributed by atoms with E-state index in [1.54, 1.807) is 24.3 Å². The van der Waals surface area contributed by atoms with E-state index in [9.17, 15) is 9.59 Å². The Labute approximate surface area is 109 Å². The number of fused-ring (bicyclic) bond motifs is 1. The summed E-state index contributed by atoms with van der Waals surface area (Å²) in [7, 11) is 0. The quantitative estimate of drug-likeness (QED) is 0.757. The van der Waals surface area contributed by atoms with Crippen LogP contribution in [-0.4, -0.2) is 43.0 Å². The van der Waals surface area contributed by atoms with Gasteiger partial charge in [0.05, 0.1) is 30.9 Å². The van der Waals surface area contributed by atoms with Crippen LogP contribution in [0.25, 0.3) is 0 Å². The summed E-state index contributed by atoms with van der Waals surface area (Å²) >= 11 is 0. The molecule has 0 saturated carbocycles. The Morgan fingerprint density at radius 2 is 1.68 bits per heavy atom. The molecule has 0 spiro atoms. The first-order valence-corrected chi connectivity index (χ1v) is 6.11. The highest BCUT2D eigenvalue weighted by molar-refractivity contribution is 6.20. The van der Waals surface area contributed by atoms with E-state index in [1.165, 1.54) is 0 Å². The molecule has 0 aliphatic carbocycles. The topological polar surface area (TPSA) is 65.1 Å². The van der Waals surface area contributed by atoms with E-state index in [-0.39, 0.29) is 12.9 Å². The summed E-state index contributed by atoms with van der Waals surface area (Å²) in [5.41, 5.74) is 0.752. The minimum absolute atomic E-state index is 0.191. The van der Waals surface area contributed by atoms with Crippen molar-refractivity contribution in [1.82, 2.24) is 5.06 Å². The number of amides is 2. The summed E-state index contributed by atoms with van der Waals surface area (Å²) in [4.78, 5) is 29.1. The standard InChI is InChI=1S/C13H13NO5/c15-12-9-3-1-2-4-10(9)13(16)14(12)19-6-5-11-17-7-8-18-11/h1-4,11H,5-8H2. The Bertz CT molecular complexity index is 475. The first-order chi connectivity index (χ1) is 9.27. The maximum atomic E-state index is 12.0. The molecular weight excluding hydrogens is 250 g/mol. The molecule has 6 nitrogen and oxygen atoms in total. The fourth-order valence-electron chi connectivity index (χ4n) is 2.10. The van der Waals surface area contributed by atoms with Crippen LogP contribution in [0.15, 0.2) is 24.3 Å². The van der Waals surface area contributed by atoms with Gasteiger partial charge < -0.3 is 9.47 Å². The third kappa shape index (κ3) is 2.25. The smallest absolute Gasteiger partial charge is 0.285 e. The molecule has 1 fully saturated rings. The van der Waals surface area contributed by atoms with Crippen LogP contribution >= 0.6 is 0 Å². The lowest BCUT2D eigenvalue weighted by Crippen LogP contribution is -2.31. The van der Waals surface area contributed by atoms with Gasteiger partial charge >= 0.3 is 0 Å². The second-order valence-electron chi connectivity index (χ2n) is 4.24. The summed E-state index contributed by atoms with van der Waals surface area (Å²) in [5, 5.41) is 0.805. The van der Waals surface area contributed by atoms with Gasteiger partial charge in [-0.3, -0.25) is 14.4 Å². The highest BCUT2D eigenvalue weighted by atomic mass is 16.7. The lowest BCUT2D eigenvalue weighted by atomic mass is 10.1. The number of benzene rings is 1. The van der Waals surface area contributed by atoms with Crippen LogP contribution in [0, 0.1) is 0 Å². The maximum Gasteiger partial charge on any atom is 0.285 e. The number of carbonyl (C=O) groups excluding carboxylic acids is 2. The number of nitrogens with zero attached hydrogens (tertiary/aromatic N) is 1. The number of hydrogen-bond donors (Lipinski definition) is 0. The first-order valence-electron chi connectivity index (χ1n) is 6.11. The summed E-state index contributed by atoms with van der Waals surface area (Å²) in [6.45, 7) is 1.32. The fraction of sp³-hybridized carbons (Fsp3) is 0.385. The Morgan fingerprint density at radius 1 is 1.11 bits per heavy atom. The Kier molecular flexibility index (Phi) is 3.29. The van der Waals surface area contributed by atoms with E-state index in [4.69, 9.17) is 14.3 Å². The van der Waals surface area contributed by atoms with Crippen molar-refractivity contribution in [2.75, 3.05) is 19.8 Å². The number of carbonyl (C=O) groups is 2. The lowest BCUT2D eigenvalue weighted by Gasteiger charge is -2.14. The normalized spacial score (nSPS) is 19.3. The fourth-order valence-corrected chi connectivity index (χ4v) is 2.10. The summed E-state index contributed by atoms with van der Waals surface area (Å²) < 4.78 is 10.5. The van der Waals surface area contributed by atoms with E-state index in [2.05, 4.69) is 0 Å². The minimum Gasteiger partial charge on any atom is -0.350 e. The van der Waals surface area contributed by atoms with Crippen molar-refractivity contribution in [2.24, 2.45) is 0 Å². The highest BCUT2D eigenvalue weighted by Gasteiger charge is 2.36. The Morgan fingerprint density at radius 3 is 2.26 bits per heavy atom. The van der Waals surface area contributed by atoms with E-state index in [0.29, 0.717) is 30.8 Å². The van der Waals surface area contributed by atoms with Gasteiger partial charge in [0.2, 0.25) is 0 Å². The zero-order valence-electron chi connectivity index (χ0n) is 10.2. The molecule has 1 saturated heterocycles. The van der Waals surface area contributed by atoms with Crippen molar-refractivity contribution >= 4 is 11.8 Å². The van der Waals surface area contributed by atoms with E-state index >= 15 is 0 Å². The van der Waals surface area contributed by atoms with Crippen molar-refractivity contribution in [3.8, 4) is 0 Å². The van der Waals surface area contributed by atoms with Gasteiger partial charge in [0.25, 0.3) is 11.8 Å². The second kappa shape index (κ2) is 5.08. The van der Waals surface area contributed by atoms with Crippen LogP contribution in [0.2, 0.25) is 0 Å². The van der Waals surface area contributed by atoms with Crippen LogP contribution in [-0.2, 0) is 14.3 Å². The predicted octanol–water partition coefficient (Wildman–Crippen LogP) is 0.977. The van der Waals surface area contributed by atoms with E-state index < -0.39 is 11.8 Å². The molecule has 2 heterocycles. The predicted molar refractivity (Wildman–Crippen MR) is 63.2 cm³/mol. The van der Waals surface area contributed by atoms with Crippen molar-refractivity contribution in [1.29, 1.82) is 0 Å². The third-order valence-corrected chi connectivity index (χ3v) is 3.02. The first kappa shape index (κ1) is 12.3. The second-order valence-corrected chi connectivity index (χ2v) is 4.24. The van der Waals surface area contributed by atoms with Crippen LogP contribution in [0.3, 0.4) is 0 Å². The molecule has 1 aromatic carbocycles. The molecule has 2 amide bonds. The zero-order valence-corrected chi connectivity index (χ0v) is 10.2. The summed E-state index contributed by atoms with van der Waals surface area (Å²) in [6.07, 6.45) is 0.170. The van der Waals surface area contributed by atoms with Gasteiger partial charge in [0.15, 0.2) is 6.29 Å². The van der Waals surface area contributed by atoms with Gasteiger partial charge in [-0.1, -0.05) is 12.1 Å². The molecule has 6 heteroatoms. The molecule has 0 aromatic heterocycles. The molecule has 1 aromatic rings. The molecule has 0 unspecified atom stereocenters. The monoisotopic (exact) mass is 263 g/mol. The number of imide groups is 1. The number of rotatable bonds is 4. The lowest BCUT2D eigenvalue weighted by molar-refractivity contribution is -0.120. The third-order valence-electron chi connectivity index (χ3n) is 3.02. The molecule has 2 aliphatic heterocycles. The minimum atomic E-state index is -0.422. The van der Waals surface area contributed by atoms with E-state index in [0.717, 1.165) is 5.06 Å². The zero-order chi connectivity index (χ0) is 13.2. The molecule has 2 aliphatic rings. The van der Waals surface area contributed by atoms with Crippen LogP contribution in [0.1, 0.15) is 27.1 Å². The van der Waals surface area contributed by atoms with Crippen LogP contribution in [0.4, 0.5) is 0 Å². The van der Waals surface area contributed by atoms with Crippen molar-refractivity contribution < 1.29 is 23.9 Å². The summed E-state index contributed by atoms with van der Waals surface area (Å²) in [6, 6.07) is 6.66. The van der Waals surface area contributed by atoms with Crippen LogP contribution in [0.5, 0.6) is 0 Å². The molecule has 0 N–H and O–H groups in total. The largest absolute Gasteiger partial charge is 0.350 e. The van der Waals surface area contributed by atoms with Crippen molar-refractivity contribution in [3.63, 3.8) is 0 Å². The number of ether oxygens (including phenoxy) is 2. The van der Waals surface area contributed by atoms with Gasteiger partial charge in [-0.25, -0.2) is 0 Å². The molecular formula is C13H13NO5. The average Bonchev–Trinajstić information content (AvgIpc) is 3.02. The van der Waals surface area contributed by atoms with Crippen molar-refractivity contribution in [2.45, 2.75) is 12.7 Å². The highest BCUT2D eigenvalue weighted by Crippen LogP contribution is 2.22. The molecule has 0 atom stereocenters. The van der Waals surface area contributed by atoms with E-state index in [1.807, 2.05) is 0 Å². The number of hydroxylamine groups is 2. The van der Waals surface area contributed by atoms with Gasteiger partial charge in [-0.2, -0.15) is 0 Å². The SMILES string of the molecule is O=C1c2ccccc2C(=O)N1OCCC1OCCO1. The van der Waals surface area contributed by atoms with Gasteiger partial charge in [-0.05, 0) is 12.1 Å². The Balaban J connectivity index is 1.60. The maximum absolute atomic E-state index is 12.0. The number of hydrogen-bond acceptors (Lipinski definition) is 5.